The number of allylic oxidation sites excluding steroid dienone is 2. The average molecular weight is 194 g/mol. The zero-order valence-electron chi connectivity index (χ0n) is 9.01. The van der Waals surface area contributed by atoms with Gasteiger partial charge in [0.05, 0.1) is 5.57 Å². The lowest BCUT2D eigenvalue weighted by Crippen LogP contribution is -1.96. The molecule has 0 atom stereocenters. The minimum absolute atomic E-state index is 0.196. The van der Waals surface area contributed by atoms with Gasteiger partial charge in [-0.25, -0.2) is 4.79 Å². The fourth-order valence-electron chi connectivity index (χ4n) is 1.48. The summed E-state index contributed by atoms with van der Waals surface area (Å²) in [6.07, 6.45) is 9.71. The molecule has 1 heterocycles. The van der Waals surface area contributed by atoms with E-state index in [2.05, 4.69) is 6.92 Å². The first-order valence-corrected chi connectivity index (χ1v) is 5.34. The van der Waals surface area contributed by atoms with Crippen LogP contribution in [0.5, 0.6) is 0 Å². The summed E-state index contributed by atoms with van der Waals surface area (Å²) in [7, 11) is 0. The lowest BCUT2D eigenvalue weighted by molar-refractivity contribution is -0.133. The number of hydrogen-bond acceptors (Lipinski definition) is 2. The number of cyclic esters (lactones) is 1. The molecule has 1 aliphatic rings. The van der Waals surface area contributed by atoms with Gasteiger partial charge in [-0.05, 0) is 25.8 Å². The molecule has 0 N–H and O–H groups in total. The summed E-state index contributed by atoms with van der Waals surface area (Å²) >= 11 is 0. The highest BCUT2D eigenvalue weighted by Crippen LogP contribution is 2.17. The van der Waals surface area contributed by atoms with E-state index in [1.807, 2.05) is 12.2 Å². The lowest BCUT2D eigenvalue weighted by Gasteiger charge is -1.95. The highest BCUT2D eigenvalue weighted by molar-refractivity contribution is 5.94. The van der Waals surface area contributed by atoms with Crippen LogP contribution in [-0.4, -0.2) is 5.97 Å². The average Bonchev–Trinajstić information content (AvgIpc) is 2.45. The van der Waals surface area contributed by atoms with Crippen LogP contribution >= 0.6 is 0 Å². The molecule has 0 saturated carbocycles. The van der Waals surface area contributed by atoms with Crippen molar-refractivity contribution in [3.05, 3.63) is 23.5 Å². The lowest BCUT2D eigenvalue weighted by atomic mass is 10.1. The van der Waals surface area contributed by atoms with Gasteiger partial charge in [0.25, 0.3) is 0 Å². The molecule has 0 radical (unpaired) electrons. The Morgan fingerprint density at radius 2 is 2.14 bits per heavy atom. The zero-order chi connectivity index (χ0) is 10.4. The molecule has 2 heteroatoms. The number of rotatable bonds is 5. The zero-order valence-corrected chi connectivity index (χ0v) is 9.01. The van der Waals surface area contributed by atoms with E-state index in [1.54, 1.807) is 6.92 Å². The predicted octanol–water partition coefficient (Wildman–Crippen LogP) is 3.34. The molecule has 0 fully saturated rings. The maximum atomic E-state index is 11.2. The van der Waals surface area contributed by atoms with Crippen LogP contribution in [0, 0.1) is 0 Å². The molecule has 0 amide bonds. The summed E-state index contributed by atoms with van der Waals surface area (Å²) in [5.74, 6) is 0.507. The molecule has 0 bridgehead atoms. The van der Waals surface area contributed by atoms with Crippen molar-refractivity contribution in [2.45, 2.75) is 46.0 Å². The van der Waals surface area contributed by atoms with E-state index >= 15 is 0 Å². The third kappa shape index (κ3) is 3.36. The van der Waals surface area contributed by atoms with Gasteiger partial charge in [-0.2, -0.15) is 0 Å². The van der Waals surface area contributed by atoms with Crippen LogP contribution in [0.25, 0.3) is 0 Å². The molecular weight excluding hydrogens is 176 g/mol. The number of unbranched alkanes of at least 4 members (excludes halogenated alkanes) is 4. The first-order chi connectivity index (χ1) is 6.74. The van der Waals surface area contributed by atoms with Crippen molar-refractivity contribution in [1.29, 1.82) is 0 Å². The van der Waals surface area contributed by atoms with E-state index in [4.69, 9.17) is 4.74 Å². The smallest absolute Gasteiger partial charge is 0.342 e. The normalized spacial score (nSPS) is 18.6. The molecule has 14 heavy (non-hydrogen) atoms. The Morgan fingerprint density at radius 1 is 1.36 bits per heavy atom. The van der Waals surface area contributed by atoms with Crippen LogP contribution in [0.3, 0.4) is 0 Å². The highest BCUT2D eigenvalue weighted by Gasteiger charge is 2.16. The molecule has 1 rings (SSSR count). The minimum Gasteiger partial charge on any atom is -0.428 e. The molecule has 78 valence electrons. The van der Waals surface area contributed by atoms with Gasteiger partial charge in [-0.3, -0.25) is 0 Å². The van der Waals surface area contributed by atoms with Crippen molar-refractivity contribution in [3.63, 3.8) is 0 Å². The van der Waals surface area contributed by atoms with Crippen LogP contribution in [-0.2, 0) is 9.53 Å². The highest BCUT2D eigenvalue weighted by atomic mass is 16.5. The monoisotopic (exact) mass is 194 g/mol. The first kappa shape index (κ1) is 11.0. The summed E-state index contributed by atoms with van der Waals surface area (Å²) < 4.78 is 4.91. The Hall–Kier alpha value is -1.05. The second-order valence-corrected chi connectivity index (χ2v) is 3.65. The van der Waals surface area contributed by atoms with Gasteiger partial charge in [-0.15, -0.1) is 0 Å². The minimum atomic E-state index is -0.196. The largest absolute Gasteiger partial charge is 0.428 e. The number of hydrogen-bond donors (Lipinski definition) is 0. The van der Waals surface area contributed by atoms with E-state index in [9.17, 15) is 4.79 Å². The molecule has 2 nitrogen and oxygen atoms in total. The quantitative estimate of drug-likeness (QED) is 0.381. The Morgan fingerprint density at radius 3 is 2.71 bits per heavy atom. The van der Waals surface area contributed by atoms with Crippen molar-refractivity contribution in [2.24, 2.45) is 0 Å². The maximum Gasteiger partial charge on any atom is 0.342 e. The molecule has 0 aromatic rings. The topological polar surface area (TPSA) is 26.3 Å². The Labute approximate surface area is 85.6 Å². The molecule has 0 spiro atoms. The van der Waals surface area contributed by atoms with Gasteiger partial charge in [0.2, 0.25) is 0 Å². The van der Waals surface area contributed by atoms with Crippen molar-refractivity contribution >= 4 is 5.97 Å². The summed E-state index contributed by atoms with van der Waals surface area (Å²) in [5, 5.41) is 0. The van der Waals surface area contributed by atoms with E-state index in [0.717, 1.165) is 18.4 Å². The van der Waals surface area contributed by atoms with E-state index in [-0.39, 0.29) is 5.97 Å². The number of esters is 1. The van der Waals surface area contributed by atoms with Gasteiger partial charge in [-0.1, -0.05) is 32.3 Å². The second kappa shape index (κ2) is 5.63. The number of ether oxygens (including phenoxy) is 1. The Kier molecular flexibility index (Phi) is 4.44. The summed E-state index contributed by atoms with van der Waals surface area (Å²) in [6.45, 7) is 3.99. The molecule has 1 aliphatic heterocycles. The third-order valence-corrected chi connectivity index (χ3v) is 2.27. The van der Waals surface area contributed by atoms with E-state index in [1.165, 1.54) is 19.3 Å². The summed E-state index contributed by atoms with van der Waals surface area (Å²) in [5.41, 5.74) is 0.721. The fraction of sp³-hybridized carbons (Fsp3) is 0.583. The van der Waals surface area contributed by atoms with Crippen LogP contribution in [0.1, 0.15) is 46.0 Å². The van der Waals surface area contributed by atoms with Crippen molar-refractivity contribution in [1.82, 2.24) is 0 Å². The summed E-state index contributed by atoms with van der Waals surface area (Å²) in [6, 6.07) is 0. The fourth-order valence-corrected chi connectivity index (χ4v) is 1.48. The molecule has 0 unspecified atom stereocenters. The van der Waals surface area contributed by atoms with Crippen molar-refractivity contribution in [2.75, 3.05) is 0 Å². The Balaban J connectivity index is 2.27. The van der Waals surface area contributed by atoms with Gasteiger partial charge in [0.1, 0.15) is 5.76 Å². The first-order valence-electron chi connectivity index (χ1n) is 5.34. The van der Waals surface area contributed by atoms with Crippen LogP contribution in [0.15, 0.2) is 23.5 Å². The SMILES string of the molecule is CCCCCCC=C1C=C(C)OC1=O. The Bertz CT molecular complexity index is 261. The second-order valence-electron chi connectivity index (χ2n) is 3.65. The van der Waals surface area contributed by atoms with Gasteiger partial charge in [0, 0.05) is 0 Å². The van der Waals surface area contributed by atoms with Gasteiger partial charge >= 0.3 is 5.97 Å². The number of carbonyl (C=O) groups is 1. The summed E-state index contributed by atoms with van der Waals surface area (Å²) in [4.78, 5) is 11.2. The maximum absolute atomic E-state index is 11.2. The molecule has 0 saturated heterocycles. The van der Waals surface area contributed by atoms with Crippen molar-refractivity contribution < 1.29 is 9.53 Å². The van der Waals surface area contributed by atoms with Crippen LogP contribution < -0.4 is 0 Å². The predicted molar refractivity (Wildman–Crippen MR) is 56.7 cm³/mol. The number of carbonyl (C=O) groups excluding carboxylic acids is 1. The molecule has 0 aliphatic carbocycles. The van der Waals surface area contributed by atoms with Crippen LogP contribution in [0.2, 0.25) is 0 Å². The molecule has 0 aromatic carbocycles. The molecule has 0 aromatic heterocycles. The van der Waals surface area contributed by atoms with E-state index in [0.29, 0.717) is 5.76 Å². The molecular formula is C12H18O2. The van der Waals surface area contributed by atoms with Crippen LogP contribution in [0.4, 0.5) is 0 Å². The standard InChI is InChI=1S/C12H18O2/c1-3-4-5-6-7-8-11-9-10(2)14-12(11)13/h8-9H,3-7H2,1-2H3. The van der Waals surface area contributed by atoms with Gasteiger partial charge in [0.15, 0.2) is 0 Å². The van der Waals surface area contributed by atoms with Gasteiger partial charge < -0.3 is 4.74 Å². The third-order valence-electron chi connectivity index (χ3n) is 2.27. The van der Waals surface area contributed by atoms with E-state index < -0.39 is 0 Å². The van der Waals surface area contributed by atoms with Crippen molar-refractivity contribution in [3.8, 4) is 0 Å².